The highest BCUT2D eigenvalue weighted by Gasteiger charge is 2.23. The quantitative estimate of drug-likeness (QED) is 0.124. The number of hydrogen-bond donors (Lipinski definition) is 2. The molecule has 2 aliphatic rings. The van der Waals surface area contributed by atoms with E-state index in [9.17, 15) is 4.79 Å². The van der Waals surface area contributed by atoms with Crippen LogP contribution in [0.3, 0.4) is 0 Å². The van der Waals surface area contributed by atoms with E-state index in [0.717, 1.165) is 35.2 Å². The number of anilines is 3. The van der Waals surface area contributed by atoms with Gasteiger partial charge >= 0.3 is 0 Å². The van der Waals surface area contributed by atoms with E-state index in [1.165, 1.54) is 75.3 Å². The maximum Gasteiger partial charge on any atom is 0.227 e. The molecular weight excluding hydrogens is 608 g/mol. The molecule has 0 radical (unpaired) electrons. The minimum Gasteiger partial charge on any atom is -0.457 e. The maximum atomic E-state index is 13.2. The number of nitrogens with one attached hydrogen (secondary N) is 1. The first-order chi connectivity index (χ1) is 24.1. The van der Waals surface area contributed by atoms with E-state index < -0.39 is 0 Å². The average molecular weight is 661 g/mol. The van der Waals surface area contributed by atoms with Crippen molar-refractivity contribution in [2.45, 2.75) is 83.6 Å². The Kier molecular flexibility index (Phi) is 12.4. The van der Waals surface area contributed by atoms with Crippen LogP contribution >= 0.6 is 0 Å². The highest BCUT2D eigenvalue weighted by molar-refractivity contribution is 5.79. The minimum atomic E-state index is 0.108. The van der Waals surface area contributed by atoms with Gasteiger partial charge in [-0.15, -0.1) is 0 Å². The number of carbonyl (C=O) groups is 1. The molecule has 1 aliphatic carbocycles. The smallest absolute Gasteiger partial charge is 0.227 e. The molecule has 1 aromatic heterocycles. The third-order valence-electron chi connectivity index (χ3n) is 9.95. The lowest BCUT2D eigenvalue weighted by Gasteiger charge is -2.35. The molecule has 8 heteroatoms. The van der Waals surface area contributed by atoms with Gasteiger partial charge in [0.2, 0.25) is 11.9 Å². The number of ether oxygens (including phenoxy) is 1. The standard InChI is InChI=1S/C41H52N6O2/c42-38-30-39(46-24-26-47(27-25-46)40(48)29-35-16-11-19-37(28-35)49-36-17-9-4-10-18-36)45-41(44-38)43-31-34-22-20-33(21-23-34)15-6-2-1-5-12-32-13-7-3-8-14-32/h4,9-11,16-23,28,30,32H,1-3,5-8,12-15,24-27,29,31H2,(H3,42,43,44,45). The zero-order valence-corrected chi connectivity index (χ0v) is 28.9. The van der Waals surface area contributed by atoms with Gasteiger partial charge in [-0.2, -0.15) is 9.97 Å². The summed E-state index contributed by atoms with van der Waals surface area (Å²) < 4.78 is 5.95. The van der Waals surface area contributed by atoms with Crippen LogP contribution in [0.25, 0.3) is 0 Å². The Bertz CT molecular complexity index is 1600. The topological polar surface area (TPSA) is 96.6 Å². The molecule has 49 heavy (non-hydrogen) atoms. The van der Waals surface area contributed by atoms with Gasteiger partial charge in [0.15, 0.2) is 0 Å². The van der Waals surface area contributed by atoms with Crippen molar-refractivity contribution in [3.05, 3.63) is 102 Å². The Morgan fingerprint density at radius 2 is 1.49 bits per heavy atom. The number of carbonyl (C=O) groups excluding carboxylic acids is 1. The highest BCUT2D eigenvalue weighted by Crippen LogP contribution is 2.28. The molecule has 0 unspecified atom stereocenters. The normalized spacial score (nSPS) is 15.3. The number of nitrogens with zero attached hydrogens (tertiary/aromatic N) is 4. The van der Waals surface area contributed by atoms with Gasteiger partial charge in [-0.3, -0.25) is 4.79 Å². The van der Waals surface area contributed by atoms with Gasteiger partial charge in [0, 0.05) is 38.8 Å². The molecule has 0 bridgehead atoms. The molecular formula is C41H52N6O2. The van der Waals surface area contributed by atoms with Gasteiger partial charge in [-0.25, -0.2) is 0 Å². The van der Waals surface area contributed by atoms with E-state index >= 15 is 0 Å². The van der Waals surface area contributed by atoms with Crippen molar-refractivity contribution >= 4 is 23.5 Å². The molecule has 1 aliphatic heterocycles. The second-order valence-electron chi connectivity index (χ2n) is 13.7. The Morgan fingerprint density at radius 3 is 2.29 bits per heavy atom. The molecule has 3 aromatic carbocycles. The summed E-state index contributed by atoms with van der Waals surface area (Å²) in [4.78, 5) is 26.5. The summed E-state index contributed by atoms with van der Waals surface area (Å²) in [5, 5.41) is 3.36. The fourth-order valence-corrected chi connectivity index (χ4v) is 7.11. The zero-order chi connectivity index (χ0) is 33.7. The number of para-hydroxylation sites is 1. The van der Waals surface area contributed by atoms with Crippen LogP contribution in [-0.4, -0.2) is 47.0 Å². The maximum absolute atomic E-state index is 13.2. The molecule has 0 atom stereocenters. The Balaban J connectivity index is 0.916. The summed E-state index contributed by atoms with van der Waals surface area (Å²) in [5.74, 6) is 4.34. The van der Waals surface area contributed by atoms with Gasteiger partial charge in [-0.05, 0) is 59.7 Å². The first-order valence-electron chi connectivity index (χ1n) is 18.4. The number of aromatic nitrogens is 2. The lowest BCUT2D eigenvalue weighted by atomic mass is 9.85. The van der Waals surface area contributed by atoms with E-state index in [1.54, 1.807) is 0 Å². The van der Waals surface area contributed by atoms with Gasteiger partial charge in [0.1, 0.15) is 23.1 Å². The fraction of sp³-hybridized carbons (Fsp3) is 0.439. The van der Waals surface area contributed by atoms with Crippen molar-refractivity contribution < 1.29 is 9.53 Å². The molecule has 8 nitrogen and oxygen atoms in total. The van der Waals surface area contributed by atoms with E-state index in [1.807, 2.05) is 65.6 Å². The van der Waals surface area contributed by atoms with Crippen molar-refractivity contribution in [3.63, 3.8) is 0 Å². The highest BCUT2D eigenvalue weighted by atomic mass is 16.5. The SMILES string of the molecule is Nc1cc(N2CCN(C(=O)Cc3cccc(Oc4ccccc4)c3)CC2)nc(NCc2ccc(CCCCCCC3CCCCC3)cc2)n1. The molecule has 6 rings (SSSR count). The molecule has 2 fully saturated rings. The molecule has 1 saturated heterocycles. The third-order valence-corrected chi connectivity index (χ3v) is 9.95. The van der Waals surface area contributed by atoms with E-state index in [2.05, 4.69) is 39.5 Å². The molecule has 3 N–H and O–H groups in total. The number of unbranched alkanes of at least 4 members (excludes halogenated alkanes) is 3. The van der Waals surface area contributed by atoms with Gasteiger partial charge in [0.25, 0.3) is 0 Å². The number of piperazine rings is 1. The fourth-order valence-electron chi connectivity index (χ4n) is 7.11. The minimum absolute atomic E-state index is 0.108. The number of nitrogen functional groups attached to an aromatic ring is 1. The predicted molar refractivity (Wildman–Crippen MR) is 199 cm³/mol. The number of benzene rings is 3. The van der Waals surface area contributed by atoms with Crippen LogP contribution in [0.4, 0.5) is 17.6 Å². The lowest BCUT2D eigenvalue weighted by molar-refractivity contribution is -0.130. The third kappa shape index (κ3) is 10.7. The first kappa shape index (κ1) is 34.3. The van der Waals surface area contributed by atoms with Crippen LogP contribution in [0.5, 0.6) is 11.5 Å². The molecule has 1 saturated carbocycles. The summed E-state index contributed by atoms with van der Waals surface area (Å²) in [6.07, 6.45) is 15.6. The van der Waals surface area contributed by atoms with Crippen molar-refractivity contribution in [2.24, 2.45) is 5.92 Å². The second kappa shape index (κ2) is 17.7. The Labute approximate surface area is 292 Å². The first-order valence-corrected chi connectivity index (χ1v) is 18.4. The average Bonchev–Trinajstić information content (AvgIpc) is 3.13. The number of amides is 1. The number of hydrogen-bond acceptors (Lipinski definition) is 7. The summed E-state index contributed by atoms with van der Waals surface area (Å²) in [6.45, 7) is 3.24. The van der Waals surface area contributed by atoms with Crippen molar-refractivity contribution in [1.29, 1.82) is 0 Å². The predicted octanol–water partition coefficient (Wildman–Crippen LogP) is 8.43. The Hall–Kier alpha value is -4.59. The van der Waals surface area contributed by atoms with Crippen LogP contribution in [0.1, 0.15) is 80.9 Å². The summed E-state index contributed by atoms with van der Waals surface area (Å²) in [6, 6.07) is 28.1. The molecule has 2 heterocycles. The van der Waals surface area contributed by atoms with E-state index in [0.29, 0.717) is 50.9 Å². The van der Waals surface area contributed by atoms with Crippen LogP contribution in [0, 0.1) is 5.92 Å². The van der Waals surface area contributed by atoms with E-state index in [-0.39, 0.29) is 5.91 Å². The van der Waals surface area contributed by atoms with Crippen molar-refractivity contribution in [1.82, 2.24) is 14.9 Å². The monoisotopic (exact) mass is 660 g/mol. The molecule has 4 aromatic rings. The summed E-state index contributed by atoms with van der Waals surface area (Å²) in [7, 11) is 0. The Morgan fingerprint density at radius 1 is 0.755 bits per heavy atom. The number of aryl methyl sites for hydroxylation is 1. The van der Waals surface area contributed by atoms with Crippen LogP contribution in [-0.2, 0) is 24.2 Å². The van der Waals surface area contributed by atoms with Gasteiger partial charge < -0.3 is 25.6 Å². The molecule has 258 valence electrons. The molecule has 0 spiro atoms. The number of nitrogens with two attached hydrogens (primary N) is 1. The summed E-state index contributed by atoms with van der Waals surface area (Å²) >= 11 is 0. The van der Waals surface area contributed by atoms with Gasteiger partial charge in [0.05, 0.1) is 6.42 Å². The number of rotatable bonds is 15. The van der Waals surface area contributed by atoms with Crippen LogP contribution < -0.4 is 20.7 Å². The van der Waals surface area contributed by atoms with Crippen LogP contribution in [0.15, 0.2) is 84.9 Å². The molecule has 1 amide bonds. The largest absolute Gasteiger partial charge is 0.457 e. The van der Waals surface area contributed by atoms with Crippen molar-refractivity contribution in [2.75, 3.05) is 42.1 Å². The second-order valence-corrected chi connectivity index (χ2v) is 13.7. The van der Waals surface area contributed by atoms with E-state index in [4.69, 9.17) is 15.5 Å². The lowest BCUT2D eigenvalue weighted by Crippen LogP contribution is -2.49. The van der Waals surface area contributed by atoms with Crippen LogP contribution in [0.2, 0.25) is 0 Å². The van der Waals surface area contributed by atoms with Gasteiger partial charge in [-0.1, -0.05) is 112 Å². The summed E-state index contributed by atoms with van der Waals surface area (Å²) in [5.41, 5.74) is 9.73. The zero-order valence-electron chi connectivity index (χ0n) is 28.9. The van der Waals surface area contributed by atoms with Crippen molar-refractivity contribution in [3.8, 4) is 11.5 Å².